The molecule has 1 N–H and O–H groups in total. The van der Waals surface area contributed by atoms with Crippen LogP contribution in [-0.2, 0) is 4.89 Å². The highest BCUT2D eigenvalue weighted by Gasteiger charge is 2.13. The van der Waals surface area contributed by atoms with Crippen molar-refractivity contribution in [2.75, 3.05) is 0 Å². The maximum absolute atomic E-state index is 8.76. The minimum atomic E-state index is -0.247. The summed E-state index contributed by atoms with van der Waals surface area (Å²) in [5.74, 6) is 0.465. The lowest BCUT2D eigenvalue weighted by Gasteiger charge is -2.17. The molecular weight excluding hydrogens is 212 g/mol. The second-order valence-electron chi connectivity index (χ2n) is 4.83. The largest absolute Gasteiger partial charge is 0.251 e. The molecule has 0 aliphatic rings. The third kappa shape index (κ3) is 4.33. The molecular formula is C15H22O2. The Morgan fingerprint density at radius 1 is 1.29 bits per heavy atom. The van der Waals surface area contributed by atoms with E-state index in [0.717, 1.165) is 18.4 Å². The molecule has 0 aliphatic carbocycles. The lowest BCUT2D eigenvalue weighted by Crippen LogP contribution is -2.12. The first-order valence-electron chi connectivity index (χ1n) is 6.06. The first kappa shape index (κ1) is 13.9. The summed E-state index contributed by atoms with van der Waals surface area (Å²) < 4.78 is 0. The lowest BCUT2D eigenvalue weighted by atomic mass is 9.93. The van der Waals surface area contributed by atoms with Gasteiger partial charge in [0.2, 0.25) is 0 Å². The highest BCUT2D eigenvalue weighted by molar-refractivity contribution is 5.24. The predicted molar refractivity (Wildman–Crippen MR) is 71.1 cm³/mol. The summed E-state index contributed by atoms with van der Waals surface area (Å²) in [7, 11) is 0. The van der Waals surface area contributed by atoms with Crippen LogP contribution in [0.5, 0.6) is 0 Å². The quantitative estimate of drug-likeness (QED) is 0.451. The maximum atomic E-state index is 8.76. The molecule has 0 spiro atoms. The molecule has 0 radical (unpaired) electrons. The van der Waals surface area contributed by atoms with Crippen LogP contribution in [0, 0.1) is 6.92 Å². The Balaban J connectivity index is 2.52. The smallest absolute Gasteiger partial charge is 0.113 e. The van der Waals surface area contributed by atoms with Gasteiger partial charge < -0.3 is 0 Å². The van der Waals surface area contributed by atoms with Crippen molar-refractivity contribution in [2.24, 2.45) is 0 Å². The zero-order valence-corrected chi connectivity index (χ0v) is 10.9. The normalized spacial score (nSPS) is 14.4. The van der Waals surface area contributed by atoms with E-state index in [2.05, 4.69) is 49.6 Å². The van der Waals surface area contributed by atoms with Gasteiger partial charge in [0.1, 0.15) is 6.10 Å². The average molecular weight is 234 g/mol. The topological polar surface area (TPSA) is 29.5 Å². The molecule has 0 fully saturated rings. The molecule has 1 aromatic rings. The highest BCUT2D eigenvalue weighted by atomic mass is 17.1. The molecule has 94 valence electrons. The van der Waals surface area contributed by atoms with Crippen LogP contribution in [0.2, 0.25) is 0 Å². The first-order valence-corrected chi connectivity index (χ1v) is 6.06. The summed E-state index contributed by atoms with van der Waals surface area (Å²) in [6.07, 6.45) is 1.52. The van der Waals surface area contributed by atoms with Crippen LogP contribution in [0.4, 0.5) is 0 Å². The fourth-order valence-electron chi connectivity index (χ4n) is 1.85. The van der Waals surface area contributed by atoms with Crippen molar-refractivity contribution in [3.05, 3.63) is 47.5 Å². The molecule has 2 nitrogen and oxygen atoms in total. The molecule has 2 heteroatoms. The molecule has 0 aromatic heterocycles. The monoisotopic (exact) mass is 234 g/mol. The Hall–Kier alpha value is -1.12. The lowest BCUT2D eigenvalue weighted by molar-refractivity contribution is -0.269. The summed E-state index contributed by atoms with van der Waals surface area (Å²) in [5.41, 5.74) is 3.47. The van der Waals surface area contributed by atoms with Gasteiger partial charge in [-0.1, -0.05) is 43.3 Å². The van der Waals surface area contributed by atoms with Crippen LogP contribution in [0.25, 0.3) is 0 Å². The van der Waals surface area contributed by atoms with E-state index in [1.54, 1.807) is 0 Å². The summed E-state index contributed by atoms with van der Waals surface area (Å²) in [5, 5.41) is 8.76. The van der Waals surface area contributed by atoms with Crippen LogP contribution in [0.15, 0.2) is 36.4 Å². The van der Waals surface area contributed by atoms with Gasteiger partial charge in [-0.3, -0.25) is 5.26 Å². The molecule has 0 amide bonds. The molecule has 0 aliphatic heterocycles. The van der Waals surface area contributed by atoms with Crippen molar-refractivity contribution in [1.29, 1.82) is 0 Å². The van der Waals surface area contributed by atoms with Gasteiger partial charge in [0, 0.05) is 0 Å². The molecule has 17 heavy (non-hydrogen) atoms. The fraction of sp³-hybridized carbons (Fsp3) is 0.467. The SMILES string of the molecule is C=C(C)C(CCC(C)c1ccc(C)cc1)OO. The average Bonchev–Trinajstić information content (AvgIpc) is 2.30. The Morgan fingerprint density at radius 3 is 2.35 bits per heavy atom. The third-order valence-corrected chi connectivity index (χ3v) is 3.19. The van der Waals surface area contributed by atoms with Crippen molar-refractivity contribution in [1.82, 2.24) is 0 Å². The first-order chi connectivity index (χ1) is 8.04. The van der Waals surface area contributed by atoms with Crippen LogP contribution in [0.1, 0.15) is 43.7 Å². The molecule has 2 unspecified atom stereocenters. The minimum absolute atomic E-state index is 0.247. The minimum Gasteiger partial charge on any atom is -0.251 e. The predicted octanol–water partition coefficient (Wildman–Crippen LogP) is 4.31. The third-order valence-electron chi connectivity index (χ3n) is 3.19. The molecule has 0 bridgehead atoms. The Labute approximate surface area is 104 Å². The van der Waals surface area contributed by atoms with Gasteiger partial charge in [-0.05, 0) is 43.7 Å². The Bertz CT molecular complexity index is 354. The van der Waals surface area contributed by atoms with Crippen molar-refractivity contribution in [3.63, 3.8) is 0 Å². The van der Waals surface area contributed by atoms with Gasteiger partial charge in [-0.25, -0.2) is 4.89 Å². The second-order valence-corrected chi connectivity index (χ2v) is 4.83. The number of hydrogen-bond acceptors (Lipinski definition) is 2. The molecule has 0 saturated carbocycles. The van der Waals surface area contributed by atoms with Gasteiger partial charge in [0.25, 0.3) is 0 Å². The van der Waals surface area contributed by atoms with Gasteiger partial charge >= 0.3 is 0 Å². The second kappa shape index (κ2) is 6.58. The van der Waals surface area contributed by atoms with E-state index in [-0.39, 0.29) is 6.10 Å². The van der Waals surface area contributed by atoms with E-state index in [9.17, 15) is 0 Å². The van der Waals surface area contributed by atoms with Gasteiger partial charge in [0.15, 0.2) is 0 Å². The van der Waals surface area contributed by atoms with Crippen LogP contribution < -0.4 is 0 Å². The zero-order chi connectivity index (χ0) is 12.8. The number of rotatable bonds is 6. The van der Waals surface area contributed by atoms with Gasteiger partial charge in [-0.15, -0.1) is 0 Å². The van der Waals surface area contributed by atoms with Crippen LogP contribution in [-0.4, -0.2) is 11.4 Å². The maximum Gasteiger partial charge on any atom is 0.113 e. The molecule has 2 atom stereocenters. The number of hydrogen-bond donors (Lipinski definition) is 1. The number of benzene rings is 1. The Kier molecular flexibility index (Phi) is 5.39. The molecule has 0 saturated heterocycles. The number of aryl methyl sites for hydroxylation is 1. The van der Waals surface area contributed by atoms with Crippen LogP contribution in [0.3, 0.4) is 0 Å². The van der Waals surface area contributed by atoms with Crippen LogP contribution >= 0.6 is 0 Å². The van der Waals surface area contributed by atoms with E-state index in [1.807, 2.05) is 6.92 Å². The summed E-state index contributed by atoms with van der Waals surface area (Å²) >= 11 is 0. The van der Waals surface area contributed by atoms with E-state index in [4.69, 9.17) is 5.26 Å². The standard InChI is InChI=1S/C15H22O2/c1-11(2)15(17-16)10-7-13(4)14-8-5-12(3)6-9-14/h5-6,8-9,13,15-16H,1,7,10H2,2-4H3. The zero-order valence-electron chi connectivity index (χ0n) is 10.9. The van der Waals surface area contributed by atoms with E-state index in [0.29, 0.717) is 5.92 Å². The van der Waals surface area contributed by atoms with Crippen molar-refractivity contribution >= 4 is 0 Å². The van der Waals surface area contributed by atoms with Crippen molar-refractivity contribution < 1.29 is 10.1 Å². The van der Waals surface area contributed by atoms with E-state index < -0.39 is 0 Å². The summed E-state index contributed by atoms with van der Waals surface area (Å²) in [4.78, 5) is 4.42. The molecule has 0 heterocycles. The molecule has 1 rings (SSSR count). The molecule has 1 aromatic carbocycles. The van der Waals surface area contributed by atoms with Gasteiger partial charge in [-0.2, -0.15) is 0 Å². The summed E-state index contributed by atoms with van der Waals surface area (Å²) in [6, 6.07) is 8.58. The van der Waals surface area contributed by atoms with E-state index in [1.165, 1.54) is 11.1 Å². The van der Waals surface area contributed by atoms with Crippen molar-refractivity contribution in [2.45, 2.75) is 45.6 Å². The van der Waals surface area contributed by atoms with Gasteiger partial charge in [0.05, 0.1) is 0 Å². The summed E-state index contributed by atoms with van der Waals surface area (Å²) in [6.45, 7) is 9.96. The fourth-order valence-corrected chi connectivity index (χ4v) is 1.85. The Morgan fingerprint density at radius 2 is 1.88 bits per heavy atom. The van der Waals surface area contributed by atoms with Crippen molar-refractivity contribution in [3.8, 4) is 0 Å². The highest BCUT2D eigenvalue weighted by Crippen LogP contribution is 2.23. The van der Waals surface area contributed by atoms with E-state index >= 15 is 0 Å².